The first-order chi connectivity index (χ1) is 7.63. The molecule has 0 saturated carbocycles. The van der Waals surface area contributed by atoms with Crippen molar-refractivity contribution in [2.24, 2.45) is 5.73 Å². The minimum Gasteiger partial charge on any atom is -0.353 e. The summed E-state index contributed by atoms with van der Waals surface area (Å²) in [6, 6.07) is 0.425. The third-order valence-electron chi connectivity index (χ3n) is 2.84. The van der Waals surface area contributed by atoms with Gasteiger partial charge < -0.3 is 21.3 Å². The van der Waals surface area contributed by atoms with Crippen LogP contribution in [0.2, 0.25) is 0 Å². The maximum absolute atomic E-state index is 11.3. The minimum absolute atomic E-state index is 0. The minimum atomic E-state index is -0.312. The van der Waals surface area contributed by atoms with Gasteiger partial charge in [-0.2, -0.15) is 0 Å². The van der Waals surface area contributed by atoms with Crippen LogP contribution >= 0.6 is 24.8 Å². The zero-order valence-electron chi connectivity index (χ0n) is 10.5. The van der Waals surface area contributed by atoms with Crippen LogP contribution in [0.4, 0.5) is 0 Å². The number of carbonyl (C=O) groups excluding carboxylic acids is 2. The molecule has 6 nitrogen and oxygen atoms in total. The molecule has 0 aliphatic carbocycles. The van der Waals surface area contributed by atoms with E-state index in [0.717, 1.165) is 13.0 Å². The summed E-state index contributed by atoms with van der Waals surface area (Å²) in [7, 11) is 2.06. The Labute approximate surface area is 120 Å². The molecule has 2 amide bonds. The van der Waals surface area contributed by atoms with Crippen molar-refractivity contribution in [2.45, 2.75) is 18.9 Å². The zero-order chi connectivity index (χ0) is 12.0. The van der Waals surface area contributed by atoms with Gasteiger partial charge in [0.2, 0.25) is 11.8 Å². The molecule has 1 fully saturated rings. The van der Waals surface area contributed by atoms with Gasteiger partial charge in [0, 0.05) is 12.6 Å². The second-order valence-electron chi connectivity index (χ2n) is 4.06. The van der Waals surface area contributed by atoms with Gasteiger partial charge in [0.1, 0.15) is 0 Å². The summed E-state index contributed by atoms with van der Waals surface area (Å²) >= 11 is 0. The highest BCUT2D eigenvalue weighted by Crippen LogP contribution is 2.13. The Hall–Kier alpha value is -0.560. The van der Waals surface area contributed by atoms with E-state index in [-0.39, 0.29) is 49.7 Å². The van der Waals surface area contributed by atoms with Crippen molar-refractivity contribution in [1.29, 1.82) is 0 Å². The normalized spacial score (nSPS) is 18.4. The largest absolute Gasteiger partial charge is 0.353 e. The number of likely N-dealkylation sites (tertiary alicyclic amines) is 1. The van der Waals surface area contributed by atoms with E-state index in [1.807, 2.05) is 0 Å². The van der Waals surface area contributed by atoms with E-state index in [4.69, 9.17) is 5.73 Å². The van der Waals surface area contributed by atoms with Gasteiger partial charge in [-0.3, -0.25) is 9.59 Å². The number of nitrogens with two attached hydrogens (primary N) is 1. The Balaban J connectivity index is 0. The van der Waals surface area contributed by atoms with Gasteiger partial charge in [-0.1, -0.05) is 0 Å². The summed E-state index contributed by atoms with van der Waals surface area (Å²) in [6.45, 7) is 1.66. The van der Waals surface area contributed by atoms with Gasteiger partial charge in [0.15, 0.2) is 0 Å². The molecule has 1 saturated heterocycles. The maximum atomic E-state index is 11.3. The Morgan fingerprint density at radius 3 is 2.44 bits per heavy atom. The topological polar surface area (TPSA) is 87.5 Å². The first-order valence-corrected chi connectivity index (χ1v) is 5.57. The third kappa shape index (κ3) is 7.00. The van der Waals surface area contributed by atoms with Crippen molar-refractivity contribution in [3.05, 3.63) is 0 Å². The van der Waals surface area contributed by atoms with Gasteiger partial charge in [-0.15, -0.1) is 24.8 Å². The van der Waals surface area contributed by atoms with Crippen LogP contribution in [-0.2, 0) is 9.59 Å². The van der Waals surface area contributed by atoms with Crippen LogP contribution in [0.15, 0.2) is 0 Å². The number of halogens is 2. The fraction of sp³-hybridized carbons (Fsp3) is 0.800. The second-order valence-corrected chi connectivity index (χ2v) is 4.06. The molecule has 108 valence electrons. The lowest BCUT2D eigenvalue weighted by Gasteiger charge is -2.19. The van der Waals surface area contributed by atoms with Gasteiger partial charge in [-0.05, 0) is 26.4 Å². The van der Waals surface area contributed by atoms with Crippen molar-refractivity contribution in [3.8, 4) is 0 Å². The first kappa shape index (κ1) is 19.8. The molecule has 1 aliphatic heterocycles. The summed E-state index contributed by atoms with van der Waals surface area (Å²) in [5.74, 6) is -0.477. The van der Waals surface area contributed by atoms with E-state index in [1.165, 1.54) is 6.42 Å². The SMILES string of the molecule is CN1CCCC1CNC(=O)CNC(=O)CN.Cl.Cl. The van der Waals surface area contributed by atoms with Crippen molar-refractivity contribution >= 4 is 36.6 Å². The van der Waals surface area contributed by atoms with Gasteiger partial charge in [-0.25, -0.2) is 0 Å². The predicted molar refractivity (Wildman–Crippen MR) is 75.2 cm³/mol. The van der Waals surface area contributed by atoms with Crippen molar-refractivity contribution in [3.63, 3.8) is 0 Å². The Bertz CT molecular complexity index is 266. The molecule has 8 heteroatoms. The van der Waals surface area contributed by atoms with Crippen LogP contribution in [0.1, 0.15) is 12.8 Å². The molecule has 0 spiro atoms. The molecule has 1 atom stereocenters. The highest BCUT2D eigenvalue weighted by molar-refractivity contribution is 5.86. The van der Waals surface area contributed by atoms with Crippen LogP contribution in [0.3, 0.4) is 0 Å². The van der Waals surface area contributed by atoms with Crippen LogP contribution < -0.4 is 16.4 Å². The first-order valence-electron chi connectivity index (χ1n) is 5.57. The van der Waals surface area contributed by atoms with E-state index >= 15 is 0 Å². The zero-order valence-corrected chi connectivity index (χ0v) is 12.1. The number of nitrogens with one attached hydrogen (secondary N) is 2. The molecule has 0 aromatic carbocycles. The molecule has 0 radical (unpaired) electrons. The molecule has 0 aromatic rings. The summed E-state index contributed by atoms with van der Waals surface area (Å²) in [5, 5.41) is 5.23. The number of nitrogens with zero attached hydrogens (tertiary/aromatic N) is 1. The van der Waals surface area contributed by atoms with Gasteiger partial charge in [0.05, 0.1) is 13.1 Å². The molecule has 0 bridgehead atoms. The summed E-state index contributed by atoms with van der Waals surface area (Å²) in [5.41, 5.74) is 5.10. The number of carbonyl (C=O) groups is 2. The van der Waals surface area contributed by atoms with Crippen molar-refractivity contribution < 1.29 is 9.59 Å². The fourth-order valence-corrected chi connectivity index (χ4v) is 1.78. The van der Waals surface area contributed by atoms with Crippen LogP contribution in [0.5, 0.6) is 0 Å². The standard InChI is InChI=1S/C10H20N4O2.2ClH/c1-14-4-2-3-8(14)6-12-10(16)7-13-9(15)5-11;;/h8H,2-7,11H2,1H3,(H,12,16)(H,13,15);2*1H. The van der Waals surface area contributed by atoms with Crippen molar-refractivity contribution in [2.75, 3.05) is 33.2 Å². The van der Waals surface area contributed by atoms with E-state index in [1.54, 1.807) is 0 Å². The molecule has 1 rings (SSSR count). The molecular formula is C10H22Cl2N4O2. The molecule has 1 unspecified atom stereocenters. The molecule has 1 aliphatic rings. The third-order valence-corrected chi connectivity index (χ3v) is 2.84. The maximum Gasteiger partial charge on any atom is 0.239 e. The van der Waals surface area contributed by atoms with Gasteiger partial charge in [0.25, 0.3) is 0 Å². The fourth-order valence-electron chi connectivity index (χ4n) is 1.78. The number of likely N-dealkylation sites (N-methyl/N-ethyl adjacent to an activating group) is 1. The lowest BCUT2D eigenvalue weighted by Crippen LogP contribution is -2.43. The summed E-state index contributed by atoms with van der Waals surface area (Å²) in [6.07, 6.45) is 2.30. The highest BCUT2D eigenvalue weighted by Gasteiger charge is 2.20. The molecule has 1 heterocycles. The van der Waals surface area contributed by atoms with E-state index in [9.17, 15) is 9.59 Å². The van der Waals surface area contributed by atoms with Gasteiger partial charge >= 0.3 is 0 Å². The summed E-state index contributed by atoms with van der Waals surface area (Å²) in [4.78, 5) is 24.4. The van der Waals surface area contributed by atoms with Crippen LogP contribution in [0, 0.1) is 0 Å². The number of rotatable bonds is 5. The Morgan fingerprint density at radius 1 is 1.28 bits per heavy atom. The second kappa shape index (κ2) is 10.4. The Morgan fingerprint density at radius 2 is 1.94 bits per heavy atom. The predicted octanol–water partition coefficient (Wildman–Crippen LogP) is -0.885. The molecular weight excluding hydrogens is 279 g/mol. The lowest BCUT2D eigenvalue weighted by molar-refractivity contribution is -0.125. The number of hydrogen-bond acceptors (Lipinski definition) is 4. The molecule has 0 aromatic heterocycles. The van der Waals surface area contributed by atoms with E-state index < -0.39 is 0 Å². The highest BCUT2D eigenvalue weighted by atomic mass is 35.5. The van der Waals surface area contributed by atoms with Crippen LogP contribution in [0.25, 0.3) is 0 Å². The quantitative estimate of drug-likeness (QED) is 0.615. The van der Waals surface area contributed by atoms with E-state index in [2.05, 4.69) is 22.6 Å². The molecule has 4 N–H and O–H groups in total. The average molecular weight is 301 g/mol. The smallest absolute Gasteiger partial charge is 0.239 e. The molecule has 18 heavy (non-hydrogen) atoms. The van der Waals surface area contributed by atoms with E-state index in [0.29, 0.717) is 12.6 Å². The lowest BCUT2D eigenvalue weighted by atomic mass is 10.2. The number of amides is 2. The average Bonchev–Trinajstić information content (AvgIpc) is 2.69. The summed E-state index contributed by atoms with van der Waals surface area (Å²) < 4.78 is 0. The van der Waals surface area contributed by atoms with Crippen molar-refractivity contribution in [1.82, 2.24) is 15.5 Å². The van der Waals surface area contributed by atoms with Crippen LogP contribution in [-0.4, -0.2) is 56.0 Å². The number of hydrogen-bond donors (Lipinski definition) is 3. The monoisotopic (exact) mass is 300 g/mol. The Kier molecular flexibility index (Phi) is 11.4.